The van der Waals surface area contributed by atoms with E-state index in [1.54, 1.807) is 26.2 Å². The van der Waals surface area contributed by atoms with E-state index >= 15 is 0 Å². The molecule has 0 aliphatic heterocycles. The number of nitrogens with zero attached hydrogens (tertiary/aromatic N) is 3. The number of amides is 1. The molecule has 0 bridgehead atoms. The molecule has 150 valence electrons. The standard InChI is InChI=1S/C20H28N6O2/c1-12-11-23-18(25-15-7-5-4-6-8-15)20(28)26(12)19-16(21)9-14(13(2)24-19)10-17(27)22-3/h9,11,15H,4-8,10,21H2,1-3H3,(H,22,27)(H,23,25). The van der Waals surface area contributed by atoms with Crippen LogP contribution in [0.1, 0.15) is 49.1 Å². The summed E-state index contributed by atoms with van der Waals surface area (Å²) in [5.74, 6) is 0.578. The highest BCUT2D eigenvalue weighted by atomic mass is 16.1. The number of likely N-dealkylation sites (N-methyl/N-ethyl adjacent to an activating group) is 1. The van der Waals surface area contributed by atoms with Gasteiger partial charge in [-0.1, -0.05) is 19.3 Å². The molecule has 0 atom stereocenters. The summed E-state index contributed by atoms with van der Waals surface area (Å²) in [4.78, 5) is 33.7. The number of carbonyl (C=O) groups is 1. The number of pyridine rings is 1. The third-order valence-electron chi connectivity index (χ3n) is 5.25. The first kappa shape index (κ1) is 19.9. The Bertz CT molecular complexity index is 931. The van der Waals surface area contributed by atoms with Crippen LogP contribution in [-0.4, -0.2) is 33.5 Å². The third kappa shape index (κ3) is 4.16. The predicted octanol–water partition coefficient (Wildman–Crippen LogP) is 1.86. The topological polar surface area (TPSA) is 115 Å². The van der Waals surface area contributed by atoms with Gasteiger partial charge < -0.3 is 16.4 Å². The van der Waals surface area contributed by atoms with Gasteiger partial charge >= 0.3 is 0 Å². The summed E-state index contributed by atoms with van der Waals surface area (Å²) >= 11 is 0. The van der Waals surface area contributed by atoms with Crippen LogP contribution < -0.4 is 21.9 Å². The van der Waals surface area contributed by atoms with Crippen molar-refractivity contribution in [1.82, 2.24) is 19.9 Å². The lowest BCUT2D eigenvalue weighted by Gasteiger charge is -2.23. The SMILES string of the molecule is CNC(=O)Cc1cc(N)c(-n2c(C)cnc(NC3CCCCC3)c2=O)nc1C. The van der Waals surface area contributed by atoms with Crippen molar-refractivity contribution in [2.24, 2.45) is 0 Å². The number of aromatic nitrogens is 3. The zero-order valence-electron chi connectivity index (χ0n) is 16.7. The summed E-state index contributed by atoms with van der Waals surface area (Å²) in [6, 6.07) is 1.99. The van der Waals surface area contributed by atoms with Crippen LogP contribution in [0.3, 0.4) is 0 Å². The van der Waals surface area contributed by atoms with Crippen LogP contribution in [0, 0.1) is 13.8 Å². The molecule has 0 saturated heterocycles. The van der Waals surface area contributed by atoms with Crippen LogP contribution in [0.15, 0.2) is 17.1 Å². The van der Waals surface area contributed by atoms with E-state index < -0.39 is 0 Å². The fourth-order valence-corrected chi connectivity index (χ4v) is 3.61. The molecular weight excluding hydrogens is 356 g/mol. The smallest absolute Gasteiger partial charge is 0.299 e. The van der Waals surface area contributed by atoms with E-state index in [-0.39, 0.29) is 23.9 Å². The molecule has 8 nitrogen and oxygen atoms in total. The Morgan fingerprint density at radius 2 is 2.00 bits per heavy atom. The van der Waals surface area contributed by atoms with E-state index in [9.17, 15) is 9.59 Å². The Kier molecular flexibility index (Phi) is 5.96. The quantitative estimate of drug-likeness (QED) is 0.725. The second kappa shape index (κ2) is 8.41. The first-order chi connectivity index (χ1) is 13.4. The number of carbonyl (C=O) groups excluding carboxylic acids is 1. The molecule has 28 heavy (non-hydrogen) atoms. The van der Waals surface area contributed by atoms with E-state index in [4.69, 9.17) is 5.73 Å². The predicted molar refractivity (Wildman–Crippen MR) is 110 cm³/mol. The number of nitrogen functional groups attached to an aromatic ring is 1. The van der Waals surface area contributed by atoms with E-state index in [2.05, 4.69) is 20.6 Å². The van der Waals surface area contributed by atoms with E-state index in [0.717, 1.165) is 31.2 Å². The Labute approximate surface area is 164 Å². The van der Waals surface area contributed by atoms with Crippen LogP contribution in [0.25, 0.3) is 5.82 Å². The highest BCUT2D eigenvalue weighted by molar-refractivity contribution is 5.79. The molecule has 2 aromatic rings. The summed E-state index contributed by atoms with van der Waals surface area (Å²) in [6.07, 6.45) is 7.51. The molecule has 1 amide bonds. The second-order valence-corrected chi connectivity index (χ2v) is 7.36. The van der Waals surface area contributed by atoms with Gasteiger partial charge in [0.15, 0.2) is 11.6 Å². The normalized spacial score (nSPS) is 14.7. The summed E-state index contributed by atoms with van der Waals surface area (Å²) in [7, 11) is 1.59. The minimum atomic E-state index is -0.261. The maximum absolute atomic E-state index is 13.1. The summed E-state index contributed by atoms with van der Waals surface area (Å²) < 4.78 is 1.49. The van der Waals surface area contributed by atoms with Crippen LogP contribution >= 0.6 is 0 Å². The summed E-state index contributed by atoms with van der Waals surface area (Å²) in [5, 5.41) is 5.89. The molecule has 3 rings (SSSR count). The van der Waals surface area contributed by atoms with Crippen molar-refractivity contribution in [1.29, 1.82) is 0 Å². The molecule has 8 heteroatoms. The number of hydrogen-bond acceptors (Lipinski definition) is 6. The van der Waals surface area contributed by atoms with Gasteiger partial charge in [-0.3, -0.25) is 14.2 Å². The number of nitrogens with two attached hydrogens (primary N) is 1. The van der Waals surface area contributed by atoms with Crippen LogP contribution in [0.5, 0.6) is 0 Å². The molecule has 4 N–H and O–H groups in total. The maximum atomic E-state index is 13.1. The number of hydrogen-bond donors (Lipinski definition) is 3. The molecule has 1 aliphatic rings. The Hall–Kier alpha value is -2.90. The van der Waals surface area contributed by atoms with Crippen molar-refractivity contribution in [3.8, 4) is 5.82 Å². The Morgan fingerprint density at radius 3 is 2.68 bits per heavy atom. The van der Waals surface area contributed by atoms with Crippen molar-refractivity contribution in [3.05, 3.63) is 39.6 Å². The van der Waals surface area contributed by atoms with Gasteiger partial charge in [0.25, 0.3) is 5.56 Å². The van der Waals surface area contributed by atoms with Gasteiger partial charge in [0.2, 0.25) is 5.91 Å². The van der Waals surface area contributed by atoms with Crippen molar-refractivity contribution < 1.29 is 4.79 Å². The van der Waals surface area contributed by atoms with Crippen molar-refractivity contribution >= 4 is 17.4 Å². The Morgan fingerprint density at radius 1 is 1.29 bits per heavy atom. The zero-order valence-corrected chi connectivity index (χ0v) is 16.7. The average molecular weight is 384 g/mol. The fraction of sp³-hybridized carbons (Fsp3) is 0.500. The first-order valence-corrected chi connectivity index (χ1v) is 9.73. The first-order valence-electron chi connectivity index (χ1n) is 9.73. The maximum Gasteiger partial charge on any atom is 0.299 e. The van der Waals surface area contributed by atoms with Gasteiger partial charge in [-0.05, 0) is 38.3 Å². The number of aryl methyl sites for hydroxylation is 2. The highest BCUT2D eigenvalue weighted by Gasteiger charge is 2.19. The molecule has 2 aromatic heterocycles. The zero-order chi connectivity index (χ0) is 20.3. The number of rotatable bonds is 5. The summed E-state index contributed by atoms with van der Waals surface area (Å²) in [6.45, 7) is 3.61. The van der Waals surface area contributed by atoms with E-state index in [1.807, 2.05) is 6.92 Å². The van der Waals surface area contributed by atoms with Crippen LogP contribution in [-0.2, 0) is 11.2 Å². The lowest BCUT2D eigenvalue weighted by molar-refractivity contribution is -0.119. The lowest BCUT2D eigenvalue weighted by Crippen LogP contribution is -2.31. The molecule has 1 aliphatic carbocycles. The lowest BCUT2D eigenvalue weighted by atomic mass is 9.95. The molecule has 0 spiro atoms. The monoisotopic (exact) mass is 384 g/mol. The molecular formula is C20H28N6O2. The van der Waals surface area contributed by atoms with Gasteiger partial charge in [0.05, 0.1) is 12.1 Å². The molecule has 1 fully saturated rings. The third-order valence-corrected chi connectivity index (χ3v) is 5.25. The van der Waals surface area contributed by atoms with Gasteiger partial charge in [0.1, 0.15) is 0 Å². The highest BCUT2D eigenvalue weighted by Crippen LogP contribution is 2.22. The molecule has 2 heterocycles. The van der Waals surface area contributed by atoms with Crippen LogP contribution in [0.2, 0.25) is 0 Å². The van der Waals surface area contributed by atoms with Gasteiger partial charge in [0, 0.05) is 30.7 Å². The van der Waals surface area contributed by atoms with Crippen molar-refractivity contribution in [2.75, 3.05) is 18.1 Å². The minimum absolute atomic E-state index is 0.117. The molecule has 0 unspecified atom stereocenters. The average Bonchev–Trinajstić information content (AvgIpc) is 2.68. The summed E-state index contributed by atoms with van der Waals surface area (Å²) in [5.41, 5.74) is 8.36. The molecule has 1 saturated carbocycles. The van der Waals surface area contributed by atoms with Crippen molar-refractivity contribution in [2.45, 2.75) is 58.4 Å². The van der Waals surface area contributed by atoms with E-state index in [1.165, 1.54) is 11.0 Å². The number of nitrogens with one attached hydrogen (secondary N) is 2. The Balaban J connectivity index is 1.98. The number of anilines is 2. The second-order valence-electron chi connectivity index (χ2n) is 7.36. The minimum Gasteiger partial charge on any atom is -0.396 e. The van der Waals surface area contributed by atoms with Crippen molar-refractivity contribution in [3.63, 3.8) is 0 Å². The van der Waals surface area contributed by atoms with Gasteiger partial charge in [-0.2, -0.15) is 0 Å². The molecule has 0 radical (unpaired) electrons. The molecule has 0 aromatic carbocycles. The fourth-order valence-electron chi connectivity index (χ4n) is 3.61. The van der Waals surface area contributed by atoms with E-state index in [0.29, 0.717) is 28.7 Å². The van der Waals surface area contributed by atoms with Gasteiger partial charge in [-0.15, -0.1) is 0 Å². The van der Waals surface area contributed by atoms with Gasteiger partial charge in [-0.25, -0.2) is 9.97 Å². The largest absolute Gasteiger partial charge is 0.396 e. The van der Waals surface area contributed by atoms with Crippen LogP contribution in [0.4, 0.5) is 11.5 Å².